The lowest BCUT2D eigenvalue weighted by molar-refractivity contribution is 0.126. The summed E-state index contributed by atoms with van der Waals surface area (Å²) < 4.78 is 31.7. The minimum atomic E-state index is -2.31. The number of rotatable bonds is 13. The summed E-state index contributed by atoms with van der Waals surface area (Å²) in [4.78, 5) is 4.64. The molecule has 0 saturated carbocycles. The van der Waals surface area contributed by atoms with E-state index in [2.05, 4.69) is 11.6 Å². The lowest BCUT2D eigenvalue weighted by Crippen LogP contribution is -2.16. The maximum absolute atomic E-state index is 12.8. The van der Waals surface area contributed by atoms with Gasteiger partial charge in [0.15, 0.2) is 0 Å². The van der Waals surface area contributed by atoms with Crippen LogP contribution in [0.5, 0.6) is 5.75 Å². The molecule has 0 amide bonds. The number of alkyl halides is 2. The standard InChI is InChI=1S/C25H32F2N2O/c1-4-8-22(30-23-15-13-20(14-16-23)18(3)28)11-6-9-21-10-7-12-24(29-21)19(5-2)17-25(26)27/h4,7,10,12-16,19,22,25,28H,1,5-6,8-9,11,17H2,2-3H3. The summed E-state index contributed by atoms with van der Waals surface area (Å²) >= 11 is 0. The summed E-state index contributed by atoms with van der Waals surface area (Å²) in [5.74, 6) is 0.583. The first-order valence-electron chi connectivity index (χ1n) is 10.6. The van der Waals surface area contributed by atoms with Crippen LogP contribution in [0.15, 0.2) is 55.1 Å². The first-order valence-corrected chi connectivity index (χ1v) is 10.6. The van der Waals surface area contributed by atoms with Crippen LogP contribution in [-0.2, 0) is 6.42 Å². The van der Waals surface area contributed by atoms with Crippen molar-refractivity contribution in [3.8, 4) is 5.75 Å². The third-order valence-corrected chi connectivity index (χ3v) is 5.18. The number of nitrogens with one attached hydrogen (secondary N) is 1. The smallest absolute Gasteiger partial charge is 0.239 e. The predicted molar refractivity (Wildman–Crippen MR) is 119 cm³/mol. The maximum Gasteiger partial charge on any atom is 0.239 e. The van der Waals surface area contributed by atoms with E-state index in [-0.39, 0.29) is 18.4 Å². The highest BCUT2D eigenvalue weighted by Crippen LogP contribution is 2.25. The van der Waals surface area contributed by atoms with Crippen molar-refractivity contribution in [2.75, 3.05) is 0 Å². The zero-order chi connectivity index (χ0) is 21.9. The number of halogens is 2. The molecule has 30 heavy (non-hydrogen) atoms. The number of benzene rings is 1. The molecule has 0 aliphatic rings. The van der Waals surface area contributed by atoms with Crippen LogP contribution in [0.25, 0.3) is 0 Å². The highest BCUT2D eigenvalue weighted by atomic mass is 19.3. The lowest BCUT2D eigenvalue weighted by atomic mass is 9.97. The Balaban J connectivity index is 1.93. The molecule has 0 aliphatic heterocycles. The highest BCUT2D eigenvalue weighted by molar-refractivity contribution is 5.96. The number of aromatic nitrogens is 1. The lowest BCUT2D eigenvalue weighted by Gasteiger charge is -2.18. The molecule has 1 aromatic heterocycles. The van der Waals surface area contributed by atoms with Gasteiger partial charge < -0.3 is 10.1 Å². The molecule has 2 unspecified atom stereocenters. The summed E-state index contributed by atoms with van der Waals surface area (Å²) in [6.45, 7) is 7.51. The van der Waals surface area contributed by atoms with Crippen LogP contribution in [0, 0.1) is 5.41 Å². The summed E-state index contributed by atoms with van der Waals surface area (Å²) in [5.41, 5.74) is 3.10. The predicted octanol–water partition coefficient (Wildman–Crippen LogP) is 6.96. The van der Waals surface area contributed by atoms with Crippen LogP contribution >= 0.6 is 0 Å². The summed E-state index contributed by atoms with van der Waals surface area (Å²) in [5, 5.41) is 7.68. The normalized spacial score (nSPS) is 13.1. The topological polar surface area (TPSA) is 46.0 Å². The fourth-order valence-corrected chi connectivity index (χ4v) is 3.47. The fourth-order valence-electron chi connectivity index (χ4n) is 3.47. The zero-order valence-electron chi connectivity index (χ0n) is 17.9. The number of hydrogen-bond acceptors (Lipinski definition) is 3. The number of pyridine rings is 1. The summed E-state index contributed by atoms with van der Waals surface area (Å²) in [6.07, 6.45) is 3.33. The van der Waals surface area contributed by atoms with Gasteiger partial charge >= 0.3 is 0 Å². The molecule has 0 aliphatic carbocycles. The molecule has 0 saturated heterocycles. The molecular formula is C25H32F2N2O. The molecule has 5 heteroatoms. The van der Waals surface area contributed by atoms with Crippen LogP contribution in [0.4, 0.5) is 8.78 Å². The third kappa shape index (κ3) is 7.69. The van der Waals surface area contributed by atoms with Crippen LogP contribution < -0.4 is 4.74 Å². The average molecular weight is 415 g/mol. The minimum absolute atomic E-state index is 0.0137. The molecule has 2 aromatic rings. The van der Waals surface area contributed by atoms with Crippen molar-refractivity contribution in [1.29, 1.82) is 5.41 Å². The molecule has 2 atom stereocenters. The van der Waals surface area contributed by atoms with E-state index in [0.717, 1.165) is 48.4 Å². The number of nitrogens with zero attached hydrogens (tertiary/aromatic N) is 1. The van der Waals surface area contributed by atoms with Gasteiger partial charge in [-0.1, -0.05) is 19.1 Å². The number of hydrogen-bond donors (Lipinski definition) is 1. The van der Waals surface area contributed by atoms with E-state index in [4.69, 9.17) is 10.1 Å². The van der Waals surface area contributed by atoms with Gasteiger partial charge in [0.25, 0.3) is 0 Å². The largest absolute Gasteiger partial charge is 0.490 e. The van der Waals surface area contributed by atoms with Crippen LogP contribution in [-0.4, -0.2) is 23.2 Å². The number of ether oxygens (including phenoxy) is 1. The average Bonchev–Trinajstić information content (AvgIpc) is 2.72. The first kappa shape index (κ1) is 23.7. The van der Waals surface area contributed by atoms with Crippen molar-refractivity contribution >= 4 is 5.71 Å². The molecule has 0 spiro atoms. The Morgan fingerprint density at radius 1 is 1.20 bits per heavy atom. The Morgan fingerprint density at radius 2 is 1.93 bits per heavy atom. The quantitative estimate of drug-likeness (QED) is 0.284. The SMILES string of the molecule is C=CCC(CCCc1cccc(C(CC)CC(F)F)n1)Oc1ccc(C(C)=N)cc1. The molecule has 2 rings (SSSR count). The van der Waals surface area contributed by atoms with Gasteiger partial charge in [-0.15, -0.1) is 6.58 Å². The van der Waals surface area contributed by atoms with Crippen molar-refractivity contribution < 1.29 is 13.5 Å². The molecule has 162 valence electrons. The van der Waals surface area contributed by atoms with Gasteiger partial charge in [0.2, 0.25) is 6.43 Å². The Hall–Kier alpha value is -2.56. The second-order valence-electron chi connectivity index (χ2n) is 7.59. The molecule has 1 N–H and O–H groups in total. The van der Waals surface area contributed by atoms with E-state index >= 15 is 0 Å². The molecule has 3 nitrogen and oxygen atoms in total. The van der Waals surface area contributed by atoms with Gasteiger partial charge in [-0.2, -0.15) is 0 Å². The van der Waals surface area contributed by atoms with E-state index in [1.807, 2.05) is 55.5 Å². The zero-order valence-corrected chi connectivity index (χ0v) is 17.9. The van der Waals surface area contributed by atoms with Crippen LogP contribution in [0.1, 0.15) is 68.8 Å². The van der Waals surface area contributed by atoms with Crippen molar-refractivity contribution in [3.63, 3.8) is 0 Å². The molecule has 1 heterocycles. The Morgan fingerprint density at radius 3 is 2.53 bits per heavy atom. The van der Waals surface area contributed by atoms with E-state index in [1.54, 1.807) is 6.92 Å². The Kier molecular flexibility index (Phi) is 9.65. The van der Waals surface area contributed by atoms with Crippen molar-refractivity contribution in [2.24, 2.45) is 0 Å². The minimum Gasteiger partial charge on any atom is -0.490 e. The van der Waals surface area contributed by atoms with E-state index in [1.165, 1.54) is 0 Å². The fraction of sp³-hybridized carbons (Fsp3) is 0.440. The van der Waals surface area contributed by atoms with E-state index in [9.17, 15) is 8.78 Å². The first-order chi connectivity index (χ1) is 14.4. The van der Waals surface area contributed by atoms with Crippen molar-refractivity contribution in [2.45, 2.75) is 70.8 Å². The second-order valence-corrected chi connectivity index (χ2v) is 7.59. The number of aryl methyl sites for hydroxylation is 1. The van der Waals surface area contributed by atoms with Gasteiger partial charge in [-0.25, -0.2) is 8.78 Å². The van der Waals surface area contributed by atoms with Crippen molar-refractivity contribution in [1.82, 2.24) is 4.98 Å². The van der Waals surface area contributed by atoms with E-state index in [0.29, 0.717) is 12.1 Å². The van der Waals surface area contributed by atoms with Crippen LogP contribution in [0.2, 0.25) is 0 Å². The highest BCUT2D eigenvalue weighted by Gasteiger charge is 2.17. The molecule has 0 radical (unpaired) electrons. The molecule has 0 bridgehead atoms. The van der Waals surface area contributed by atoms with Gasteiger partial charge in [0, 0.05) is 35.9 Å². The Labute approximate surface area is 178 Å². The monoisotopic (exact) mass is 414 g/mol. The summed E-state index contributed by atoms with van der Waals surface area (Å²) in [6, 6.07) is 13.3. The molecular weight excluding hydrogens is 382 g/mol. The van der Waals surface area contributed by atoms with E-state index < -0.39 is 6.43 Å². The van der Waals surface area contributed by atoms with Gasteiger partial charge in [-0.3, -0.25) is 4.98 Å². The second kappa shape index (κ2) is 12.2. The third-order valence-electron chi connectivity index (χ3n) is 5.18. The summed E-state index contributed by atoms with van der Waals surface area (Å²) in [7, 11) is 0. The maximum atomic E-state index is 12.8. The Bertz CT molecular complexity index is 805. The van der Waals surface area contributed by atoms with Gasteiger partial charge in [0.1, 0.15) is 11.9 Å². The van der Waals surface area contributed by atoms with Crippen molar-refractivity contribution in [3.05, 3.63) is 72.1 Å². The van der Waals surface area contributed by atoms with Crippen LogP contribution in [0.3, 0.4) is 0 Å². The van der Waals surface area contributed by atoms with Gasteiger partial charge in [-0.05, 0) is 74.6 Å². The van der Waals surface area contributed by atoms with Gasteiger partial charge in [0.05, 0.1) is 0 Å². The molecule has 0 fully saturated rings. The molecule has 1 aromatic carbocycles.